The van der Waals surface area contributed by atoms with Crippen LogP contribution in [0.15, 0.2) is 10.5 Å². The van der Waals surface area contributed by atoms with E-state index < -0.39 is 0 Å². The van der Waals surface area contributed by atoms with Gasteiger partial charge in [-0.3, -0.25) is 0 Å². The third kappa shape index (κ3) is 1.82. The Kier molecular flexibility index (Phi) is 2.83. The number of hydrogen-bond acceptors (Lipinski definition) is 3. The summed E-state index contributed by atoms with van der Waals surface area (Å²) in [5.41, 5.74) is 8.66. The highest BCUT2D eigenvalue weighted by Gasteiger charge is 2.45. The van der Waals surface area contributed by atoms with E-state index in [0.717, 1.165) is 28.8 Å². The Labute approximate surface area is 116 Å². The van der Waals surface area contributed by atoms with Gasteiger partial charge in [-0.2, -0.15) is 0 Å². The summed E-state index contributed by atoms with van der Waals surface area (Å²) in [6.45, 7) is 5.58. The third-order valence-corrected chi connectivity index (χ3v) is 4.31. The molecule has 18 heavy (non-hydrogen) atoms. The maximum atomic E-state index is 6.41. The van der Waals surface area contributed by atoms with Crippen molar-refractivity contribution < 1.29 is 9.47 Å². The minimum absolute atomic E-state index is 0.172. The van der Waals surface area contributed by atoms with Gasteiger partial charge in [0.1, 0.15) is 13.2 Å². The molecule has 2 N–H and O–H groups in total. The van der Waals surface area contributed by atoms with Gasteiger partial charge in [0.15, 0.2) is 11.5 Å². The summed E-state index contributed by atoms with van der Waals surface area (Å²) in [7, 11) is 0. The van der Waals surface area contributed by atoms with E-state index in [1.807, 2.05) is 6.07 Å². The first-order valence-electron chi connectivity index (χ1n) is 6.44. The standard InChI is InChI=1S/C14H18BrNO2/c1-8(2)11-12(14(16)3-4-14)9(15)7-10-13(11)18-6-5-17-10/h7-8H,3-6,16H2,1-2H3. The Bertz CT molecular complexity index is 495. The van der Waals surface area contributed by atoms with E-state index in [4.69, 9.17) is 15.2 Å². The molecule has 0 bridgehead atoms. The van der Waals surface area contributed by atoms with Crippen LogP contribution in [-0.2, 0) is 5.54 Å². The van der Waals surface area contributed by atoms with Crippen LogP contribution in [0.5, 0.6) is 11.5 Å². The van der Waals surface area contributed by atoms with Crippen molar-refractivity contribution in [3.63, 3.8) is 0 Å². The van der Waals surface area contributed by atoms with Gasteiger partial charge in [-0.15, -0.1) is 0 Å². The fraction of sp³-hybridized carbons (Fsp3) is 0.571. The highest BCUT2D eigenvalue weighted by molar-refractivity contribution is 9.10. The van der Waals surface area contributed by atoms with Gasteiger partial charge < -0.3 is 15.2 Å². The number of halogens is 1. The van der Waals surface area contributed by atoms with Crippen molar-refractivity contribution in [3.05, 3.63) is 21.7 Å². The zero-order chi connectivity index (χ0) is 12.9. The molecule has 1 aromatic rings. The molecule has 1 heterocycles. The quantitative estimate of drug-likeness (QED) is 0.911. The van der Waals surface area contributed by atoms with E-state index in [1.165, 1.54) is 11.1 Å². The molecular weight excluding hydrogens is 294 g/mol. The number of ether oxygens (including phenoxy) is 2. The molecule has 1 aliphatic carbocycles. The monoisotopic (exact) mass is 311 g/mol. The van der Waals surface area contributed by atoms with Gasteiger partial charge in [0.05, 0.1) is 0 Å². The molecule has 0 spiro atoms. The van der Waals surface area contributed by atoms with Gasteiger partial charge in [0.25, 0.3) is 0 Å². The fourth-order valence-electron chi connectivity index (χ4n) is 2.62. The van der Waals surface area contributed by atoms with E-state index in [9.17, 15) is 0 Å². The number of nitrogens with two attached hydrogens (primary N) is 1. The second-order valence-electron chi connectivity index (χ2n) is 5.48. The smallest absolute Gasteiger partial charge is 0.165 e. The Morgan fingerprint density at radius 2 is 1.94 bits per heavy atom. The average Bonchev–Trinajstić information content (AvgIpc) is 3.06. The average molecular weight is 312 g/mol. The van der Waals surface area contributed by atoms with E-state index in [0.29, 0.717) is 19.1 Å². The Hall–Kier alpha value is -0.740. The zero-order valence-corrected chi connectivity index (χ0v) is 12.3. The zero-order valence-electron chi connectivity index (χ0n) is 10.8. The van der Waals surface area contributed by atoms with Gasteiger partial charge in [-0.1, -0.05) is 29.8 Å². The number of fused-ring (bicyclic) bond motifs is 1. The first-order chi connectivity index (χ1) is 8.53. The van der Waals surface area contributed by atoms with Crippen LogP contribution in [-0.4, -0.2) is 13.2 Å². The number of rotatable bonds is 2. The number of benzene rings is 1. The molecule has 3 rings (SSSR count). The van der Waals surface area contributed by atoms with Gasteiger partial charge in [0.2, 0.25) is 0 Å². The van der Waals surface area contributed by atoms with Crippen LogP contribution in [0.25, 0.3) is 0 Å². The molecular formula is C14H18BrNO2. The van der Waals surface area contributed by atoms with Crippen LogP contribution in [0, 0.1) is 0 Å². The Morgan fingerprint density at radius 1 is 1.28 bits per heavy atom. The van der Waals surface area contributed by atoms with Crippen LogP contribution < -0.4 is 15.2 Å². The first-order valence-corrected chi connectivity index (χ1v) is 7.23. The van der Waals surface area contributed by atoms with Crippen LogP contribution in [0.4, 0.5) is 0 Å². The van der Waals surface area contributed by atoms with Crippen LogP contribution in [0.1, 0.15) is 43.7 Å². The third-order valence-electron chi connectivity index (χ3n) is 3.69. The van der Waals surface area contributed by atoms with E-state index >= 15 is 0 Å². The molecule has 1 saturated carbocycles. The van der Waals surface area contributed by atoms with Gasteiger partial charge >= 0.3 is 0 Å². The van der Waals surface area contributed by atoms with Crippen molar-refractivity contribution in [2.45, 2.75) is 38.1 Å². The minimum atomic E-state index is -0.172. The molecule has 0 amide bonds. The van der Waals surface area contributed by atoms with Gasteiger partial charge in [0, 0.05) is 15.6 Å². The van der Waals surface area contributed by atoms with Gasteiger partial charge in [-0.25, -0.2) is 0 Å². The molecule has 2 aliphatic rings. The minimum Gasteiger partial charge on any atom is -0.486 e. The van der Waals surface area contributed by atoms with E-state index in [-0.39, 0.29) is 5.54 Å². The normalized spacial score (nSPS) is 20.1. The molecule has 0 radical (unpaired) electrons. The summed E-state index contributed by atoms with van der Waals surface area (Å²) in [6.07, 6.45) is 2.09. The number of hydrogen-bond donors (Lipinski definition) is 1. The highest BCUT2D eigenvalue weighted by atomic mass is 79.9. The van der Waals surface area contributed by atoms with Crippen molar-refractivity contribution in [1.29, 1.82) is 0 Å². The largest absolute Gasteiger partial charge is 0.486 e. The van der Waals surface area contributed by atoms with Crippen LogP contribution in [0.2, 0.25) is 0 Å². The topological polar surface area (TPSA) is 44.5 Å². The lowest BCUT2D eigenvalue weighted by molar-refractivity contribution is 0.169. The van der Waals surface area contributed by atoms with Crippen molar-refractivity contribution in [2.24, 2.45) is 5.73 Å². The molecule has 0 unspecified atom stereocenters. The Balaban J connectivity index is 2.24. The molecule has 1 fully saturated rings. The molecule has 1 aromatic carbocycles. The van der Waals surface area contributed by atoms with E-state index in [1.54, 1.807) is 0 Å². The second kappa shape index (κ2) is 4.14. The summed E-state index contributed by atoms with van der Waals surface area (Å²) in [4.78, 5) is 0. The molecule has 98 valence electrons. The predicted octanol–water partition coefficient (Wildman–Crippen LogP) is 3.29. The molecule has 1 aliphatic heterocycles. The predicted molar refractivity (Wildman–Crippen MR) is 74.3 cm³/mol. The summed E-state index contributed by atoms with van der Waals surface area (Å²) in [5, 5.41) is 0. The maximum absolute atomic E-state index is 6.41. The lowest BCUT2D eigenvalue weighted by atomic mass is 9.90. The summed E-state index contributed by atoms with van der Waals surface area (Å²) in [5.74, 6) is 2.10. The molecule has 0 aromatic heterocycles. The second-order valence-corrected chi connectivity index (χ2v) is 6.34. The molecule has 0 saturated heterocycles. The highest BCUT2D eigenvalue weighted by Crippen LogP contribution is 2.53. The van der Waals surface area contributed by atoms with Crippen molar-refractivity contribution >= 4 is 15.9 Å². The van der Waals surface area contributed by atoms with Crippen molar-refractivity contribution in [1.82, 2.24) is 0 Å². The molecule has 4 heteroatoms. The first kappa shape index (κ1) is 12.3. The van der Waals surface area contributed by atoms with Crippen molar-refractivity contribution in [2.75, 3.05) is 13.2 Å². The van der Waals surface area contributed by atoms with E-state index in [2.05, 4.69) is 29.8 Å². The van der Waals surface area contributed by atoms with Crippen molar-refractivity contribution in [3.8, 4) is 11.5 Å². The summed E-state index contributed by atoms with van der Waals surface area (Å²) < 4.78 is 12.6. The lowest BCUT2D eigenvalue weighted by Gasteiger charge is -2.28. The lowest BCUT2D eigenvalue weighted by Crippen LogP contribution is -2.25. The maximum Gasteiger partial charge on any atom is 0.165 e. The molecule has 0 atom stereocenters. The summed E-state index contributed by atoms with van der Waals surface area (Å²) in [6, 6.07) is 2.00. The summed E-state index contributed by atoms with van der Waals surface area (Å²) >= 11 is 3.65. The fourth-order valence-corrected chi connectivity index (χ4v) is 3.44. The molecule has 3 nitrogen and oxygen atoms in total. The SMILES string of the molecule is CC(C)c1c2c(cc(Br)c1C1(N)CC1)OCCO2. The van der Waals surface area contributed by atoms with Gasteiger partial charge in [-0.05, 0) is 30.4 Å². The van der Waals surface area contributed by atoms with Crippen LogP contribution in [0.3, 0.4) is 0 Å². The van der Waals surface area contributed by atoms with Crippen LogP contribution >= 0.6 is 15.9 Å². The Morgan fingerprint density at radius 3 is 2.56 bits per heavy atom.